The van der Waals surface area contributed by atoms with Crippen LogP contribution in [0.3, 0.4) is 0 Å². The molecule has 2 N–H and O–H groups in total. The molecular formula is C36H37N7O6. The summed E-state index contributed by atoms with van der Waals surface area (Å²) in [4.78, 5) is 56.8. The highest BCUT2D eigenvalue weighted by atomic mass is 16.5. The number of nitrogens with one attached hydrogen (secondary N) is 2. The van der Waals surface area contributed by atoms with Crippen LogP contribution in [0.15, 0.2) is 73.3 Å². The zero-order chi connectivity index (χ0) is 33.7. The molecule has 0 spiro atoms. The highest BCUT2D eigenvalue weighted by Crippen LogP contribution is 2.29. The molecule has 13 heteroatoms. The van der Waals surface area contributed by atoms with Crippen molar-refractivity contribution in [2.75, 3.05) is 44.8 Å². The van der Waals surface area contributed by atoms with Crippen molar-refractivity contribution < 1.29 is 28.6 Å². The SMILES string of the molecule is COc1cc2ccc1CNC(=O)COc1cccc(c1)-c1cncc(c1)C(=O)N[C@H]1CN(c3cncc(C(=O)N4CCCCC4)n3)C[C@@H]1O2. The van der Waals surface area contributed by atoms with E-state index in [0.29, 0.717) is 54.8 Å². The molecule has 8 rings (SSSR count). The summed E-state index contributed by atoms with van der Waals surface area (Å²) in [7, 11) is 1.55. The van der Waals surface area contributed by atoms with Gasteiger partial charge in [0.05, 0.1) is 37.7 Å². The number of aromatic nitrogens is 3. The number of methoxy groups -OCH3 is 1. The monoisotopic (exact) mass is 663 g/mol. The van der Waals surface area contributed by atoms with E-state index in [1.54, 1.807) is 49.8 Å². The van der Waals surface area contributed by atoms with E-state index >= 15 is 0 Å². The van der Waals surface area contributed by atoms with Gasteiger partial charge < -0.3 is 34.6 Å². The number of carbonyl (C=O) groups excluding carboxylic acids is 3. The van der Waals surface area contributed by atoms with Crippen LogP contribution >= 0.6 is 0 Å². The van der Waals surface area contributed by atoms with Crippen molar-refractivity contribution in [2.45, 2.75) is 38.0 Å². The number of nitrogens with zero attached hydrogens (tertiary/aromatic N) is 5. The normalized spacial score (nSPS) is 19.5. The maximum absolute atomic E-state index is 13.7. The number of piperidine rings is 1. The number of hydrogen-bond acceptors (Lipinski definition) is 10. The summed E-state index contributed by atoms with van der Waals surface area (Å²) in [6.45, 7) is 2.20. The summed E-state index contributed by atoms with van der Waals surface area (Å²) in [6.07, 6.45) is 8.88. The molecule has 0 aliphatic carbocycles. The third-order valence-corrected chi connectivity index (χ3v) is 8.95. The summed E-state index contributed by atoms with van der Waals surface area (Å²) < 4.78 is 17.9. The van der Waals surface area contributed by atoms with E-state index < -0.39 is 12.1 Å². The zero-order valence-corrected chi connectivity index (χ0v) is 27.1. The molecule has 4 aliphatic heterocycles. The Balaban J connectivity index is 1.20. The molecule has 0 radical (unpaired) electrons. The van der Waals surface area contributed by atoms with Gasteiger partial charge in [-0.2, -0.15) is 0 Å². The van der Waals surface area contributed by atoms with Crippen LogP contribution in [-0.2, 0) is 11.3 Å². The molecule has 6 heterocycles. The highest BCUT2D eigenvalue weighted by Gasteiger charge is 2.37. The molecule has 2 aromatic carbocycles. The number of likely N-dealkylation sites (tertiary alicyclic amines) is 1. The lowest BCUT2D eigenvalue weighted by Crippen LogP contribution is -2.45. The molecule has 2 aromatic heterocycles. The fourth-order valence-electron chi connectivity index (χ4n) is 6.34. The van der Waals surface area contributed by atoms with Gasteiger partial charge in [0, 0.05) is 55.8 Å². The first-order valence-electron chi connectivity index (χ1n) is 16.4. The summed E-state index contributed by atoms with van der Waals surface area (Å²) in [6, 6.07) is 14.0. The lowest BCUT2D eigenvalue weighted by atomic mass is 10.1. The summed E-state index contributed by atoms with van der Waals surface area (Å²) in [5, 5.41) is 6.04. The number of amides is 3. The Bertz CT molecular complexity index is 1860. The van der Waals surface area contributed by atoms with E-state index in [-0.39, 0.29) is 36.6 Å². The minimum Gasteiger partial charge on any atom is -0.496 e. The minimum atomic E-state index is -0.502. The molecule has 2 fully saturated rings. The van der Waals surface area contributed by atoms with E-state index in [9.17, 15) is 14.4 Å². The molecule has 2 saturated heterocycles. The topological polar surface area (TPSA) is 148 Å². The first-order valence-corrected chi connectivity index (χ1v) is 16.4. The molecule has 3 amide bonds. The van der Waals surface area contributed by atoms with Crippen molar-refractivity contribution in [2.24, 2.45) is 0 Å². The maximum Gasteiger partial charge on any atom is 0.274 e. The Labute approximate surface area is 283 Å². The quantitative estimate of drug-likeness (QED) is 0.335. The van der Waals surface area contributed by atoms with Gasteiger partial charge >= 0.3 is 0 Å². The van der Waals surface area contributed by atoms with Crippen molar-refractivity contribution in [1.82, 2.24) is 30.5 Å². The van der Waals surface area contributed by atoms with Crippen LogP contribution < -0.4 is 29.7 Å². The first-order chi connectivity index (χ1) is 23.9. The van der Waals surface area contributed by atoms with Gasteiger partial charge in [-0.3, -0.25) is 24.4 Å². The minimum absolute atomic E-state index is 0.130. The Kier molecular flexibility index (Phi) is 9.22. The second-order valence-electron chi connectivity index (χ2n) is 12.3. The third-order valence-electron chi connectivity index (χ3n) is 8.95. The van der Waals surface area contributed by atoms with Gasteiger partial charge in [0.2, 0.25) is 0 Å². The molecular weight excluding hydrogens is 626 g/mol. The van der Waals surface area contributed by atoms with Gasteiger partial charge in [-0.15, -0.1) is 0 Å². The Morgan fingerprint density at radius 2 is 1.73 bits per heavy atom. The molecule has 2 atom stereocenters. The number of hydrogen-bond donors (Lipinski definition) is 2. The Morgan fingerprint density at radius 1 is 0.898 bits per heavy atom. The smallest absolute Gasteiger partial charge is 0.274 e. The molecule has 4 aromatic rings. The van der Waals surface area contributed by atoms with Crippen molar-refractivity contribution in [3.05, 3.63) is 90.1 Å². The molecule has 49 heavy (non-hydrogen) atoms. The number of anilines is 1. The fourth-order valence-corrected chi connectivity index (χ4v) is 6.34. The average molecular weight is 664 g/mol. The number of pyridine rings is 1. The first kappa shape index (κ1) is 31.9. The number of fused-ring (bicyclic) bond motifs is 7. The van der Waals surface area contributed by atoms with E-state index in [0.717, 1.165) is 36.0 Å². The maximum atomic E-state index is 13.7. The molecule has 13 nitrogen and oxygen atoms in total. The number of rotatable bonds is 3. The van der Waals surface area contributed by atoms with Crippen LogP contribution in [0.2, 0.25) is 0 Å². The predicted octanol–water partition coefficient (Wildman–Crippen LogP) is 3.25. The predicted molar refractivity (Wildman–Crippen MR) is 180 cm³/mol. The number of ether oxygens (including phenoxy) is 3. The van der Waals surface area contributed by atoms with Crippen molar-refractivity contribution >= 4 is 23.5 Å². The third kappa shape index (κ3) is 7.25. The van der Waals surface area contributed by atoms with Gasteiger partial charge in [-0.25, -0.2) is 4.98 Å². The number of benzene rings is 2. The number of carbonyl (C=O) groups is 3. The van der Waals surface area contributed by atoms with Crippen molar-refractivity contribution in [3.8, 4) is 28.4 Å². The van der Waals surface area contributed by atoms with Gasteiger partial charge in [0.15, 0.2) is 6.61 Å². The van der Waals surface area contributed by atoms with Crippen LogP contribution in [-0.4, -0.2) is 89.6 Å². The summed E-state index contributed by atoms with van der Waals surface area (Å²) in [5.74, 6) is 1.35. The van der Waals surface area contributed by atoms with E-state index in [2.05, 4.69) is 20.6 Å². The van der Waals surface area contributed by atoms with Gasteiger partial charge in [-0.1, -0.05) is 12.1 Å². The largest absolute Gasteiger partial charge is 0.496 e. The lowest BCUT2D eigenvalue weighted by molar-refractivity contribution is -0.123. The van der Waals surface area contributed by atoms with Gasteiger partial charge in [-0.05, 0) is 55.2 Å². The second-order valence-corrected chi connectivity index (χ2v) is 12.3. The molecule has 0 unspecified atom stereocenters. The summed E-state index contributed by atoms with van der Waals surface area (Å²) >= 11 is 0. The van der Waals surface area contributed by atoms with Crippen LogP contribution in [0.4, 0.5) is 5.82 Å². The van der Waals surface area contributed by atoms with E-state index in [4.69, 9.17) is 19.2 Å². The van der Waals surface area contributed by atoms with Gasteiger partial charge in [0.25, 0.3) is 17.7 Å². The van der Waals surface area contributed by atoms with Crippen molar-refractivity contribution in [3.63, 3.8) is 0 Å². The fraction of sp³-hybridized carbons (Fsp3) is 0.333. The Morgan fingerprint density at radius 3 is 2.59 bits per heavy atom. The van der Waals surface area contributed by atoms with Crippen LogP contribution in [0, 0.1) is 0 Å². The van der Waals surface area contributed by atoms with E-state index in [1.165, 1.54) is 12.4 Å². The summed E-state index contributed by atoms with van der Waals surface area (Å²) in [5.41, 5.74) is 2.92. The molecule has 252 valence electrons. The highest BCUT2D eigenvalue weighted by molar-refractivity contribution is 5.95. The molecule has 4 aliphatic rings. The molecule has 6 bridgehead atoms. The Hall–Kier alpha value is -5.72. The lowest BCUT2D eigenvalue weighted by Gasteiger charge is -2.26. The van der Waals surface area contributed by atoms with E-state index in [1.807, 2.05) is 28.0 Å². The van der Waals surface area contributed by atoms with Crippen LogP contribution in [0.5, 0.6) is 17.2 Å². The standard InChI is InChI=1S/C36H37N7O6/c1-47-31-14-28-9-8-24(31)17-39-34(44)22-48-27-7-5-6-23(13-27)25-12-26(16-37-15-25)35(45)41-30-20-43(21-32(30)49-28)33-19-38-18-29(40-33)36(46)42-10-3-2-4-11-42/h5-9,12-16,18-19,30,32H,2-4,10-11,17,20-22H2,1H3,(H,39,44)(H,41,45)/t30-,32-/m0/s1. The average Bonchev–Trinajstić information content (AvgIpc) is 3.54. The van der Waals surface area contributed by atoms with Crippen molar-refractivity contribution in [1.29, 1.82) is 0 Å². The zero-order valence-electron chi connectivity index (χ0n) is 27.1. The van der Waals surface area contributed by atoms with Gasteiger partial charge in [0.1, 0.15) is 34.9 Å². The second kappa shape index (κ2) is 14.2. The van der Waals surface area contributed by atoms with Crippen LogP contribution in [0.25, 0.3) is 11.1 Å². The molecule has 0 saturated carbocycles. The van der Waals surface area contributed by atoms with Crippen LogP contribution in [0.1, 0.15) is 45.7 Å².